The molecule has 1 aromatic rings. The van der Waals surface area contributed by atoms with Crippen molar-refractivity contribution in [3.8, 4) is 0 Å². The summed E-state index contributed by atoms with van der Waals surface area (Å²) >= 11 is 3.56. The number of halogens is 1. The minimum atomic E-state index is -0.00213. The Morgan fingerprint density at radius 2 is 2.15 bits per heavy atom. The Hall–Kier alpha value is -0.970. The van der Waals surface area contributed by atoms with E-state index in [1.807, 2.05) is 19.9 Å². The molecule has 5 heteroatoms. The number of alkyl halides is 1. The van der Waals surface area contributed by atoms with E-state index in [0.29, 0.717) is 11.5 Å². The maximum Gasteiger partial charge on any atom is 0.253 e. The third kappa shape index (κ3) is 3.57. The fourth-order valence-corrected chi connectivity index (χ4v) is 3.58. The quantitative estimate of drug-likeness (QED) is 0.857. The first-order valence-corrected chi connectivity index (χ1v) is 8.47. The second kappa shape index (κ2) is 7.16. The SMILES string of the molecule is CCc1nnc(C)cc1C(=O)NC1CCCCC1CBr. The number of aryl methyl sites for hydroxylation is 2. The van der Waals surface area contributed by atoms with Gasteiger partial charge in [0, 0.05) is 11.4 Å². The lowest BCUT2D eigenvalue weighted by Gasteiger charge is -2.31. The Labute approximate surface area is 128 Å². The molecule has 1 amide bonds. The molecule has 1 aliphatic rings. The summed E-state index contributed by atoms with van der Waals surface area (Å²) in [6, 6.07) is 2.11. The zero-order valence-corrected chi connectivity index (χ0v) is 13.7. The summed E-state index contributed by atoms with van der Waals surface area (Å²) in [5, 5.41) is 12.3. The molecule has 0 spiro atoms. The van der Waals surface area contributed by atoms with Crippen LogP contribution in [0.5, 0.6) is 0 Å². The molecular weight excluding hydrogens is 318 g/mol. The molecule has 2 atom stereocenters. The van der Waals surface area contributed by atoms with Gasteiger partial charge < -0.3 is 5.32 Å². The van der Waals surface area contributed by atoms with Crippen LogP contribution in [-0.4, -0.2) is 27.5 Å². The van der Waals surface area contributed by atoms with Crippen molar-refractivity contribution in [3.63, 3.8) is 0 Å². The molecular formula is C15H22BrN3O. The van der Waals surface area contributed by atoms with Gasteiger partial charge in [0.2, 0.25) is 0 Å². The number of rotatable bonds is 4. The molecule has 110 valence electrons. The summed E-state index contributed by atoms with van der Waals surface area (Å²) in [5.41, 5.74) is 2.24. The van der Waals surface area contributed by atoms with Crippen LogP contribution in [0.4, 0.5) is 0 Å². The molecule has 20 heavy (non-hydrogen) atoms. The van der Waals surface area contributed by atoms with Crippen molar-refractivity contribution in [2.45, 2.75) is 52.0 Å². The van der Waals surface area contributed by atoms with Gasteiger partial charge in [-0.15, -0.1) is 0 Å². The van der Waals surface area contributed by atoms with Crippen LogP contribution in [0.2, 0.25) is 0 Å². The molecule has 1 heterocycles. The summed E-state index contributed by atoms with van der Waals surface area (Å²) in [6.07, 6.45) is 5.44. The lowest BCUT2D eigenvalue weighted by atomic mass is 9.85. The summed E-state index contributed by atoms with van der Waals surface area (Å²) < 4.78 is 0. The highest BCUT2D eigenvalue weighted by Crippen LogP contribution is 2.26. The van der Waals surface area contributed by atoms with Gasteiger partial charge in [0.25, 0.3) is 5.91 Å². The molecule has 1 fully saturated rings. The van der Waals surface area contributed by atoms with E-state index < -0.39 is 0 Å². The molecule has 0 aromatic carbocycles. The highest BCUT2D eigenvalue weighted by molar-refractivity contribution is 9.09. The predicted octanol–water partition coefficient (Wildman–Crippen LogP) is 3.03. The van der Waals surface area contributed by atoms with Crippen molar-refractivity contribution in [1.29, 1.82) is 0 Å². The van der Waals surface area contributed by atoms with E-state index in [4.69, 9.17) is 0 Å². The molecule has 0 radical (unpaired) electrons. The Bertz CT molecular complexity index is 478. The van der Waals surface area contributed by atoms with E-state index in [-0.39, 0.29) is 11.9 Å². The van der Waals surface area contributed by atoms with Crippen LogP contribution >= 0.6 is 15.9 Å². The highest BCUT2D eigenvalue weighted by atomic mass is 79.9. The minimum absolute atomic E-state index is 0.00213. The summed E-state index contributed by atoms with van der Waals surface area (Å²) in [6.45, 7) is 3.86. The average Bonchev–Trinajstić information content (AvgIpc) is 2.47. The first kappa shape index (κ1) is 15.4. The van der Waals surface area contributed by atoms with Crippen molar-refractivity contribution in [2.24, 2.45) is 5.92 Å². The van der Waals surface area contributed by atoms with E-state index in [9.17, 15) is 4.79 Å². The standard InChI is InChI=1S/C15H22BrN3O/c1-3-13-12(8-10(2)18-19-13)15(20)17-14-7-5-4-6-11(14)9-16/h8,11,14H,3-7,9H2,1-2H3,(H,17,20). The Kier molecular flexibility index (Phi) is 5.52. The van der Waals surface area contributed by atoms with E-state index >= 15 is 0 Å². The van der Waals surface area contributed by atoms with Crippen LogP contribution in [0.25, 0.3) is 0 Å². The molecule has 1 N–H and O–H groups in total. The largest absolute Gasteiger partial charge is 0.349 e. The number of nitrogens with one attached hydrogen (secondary N) is 1. The summed E-state index contributed by atoms with van der Waals surface area (Å²) in [7, 11) is 0. The van der Waals surface area contributed by atoms with E-state index in [0.717, 1.165) is 29.6 Å². The minimum Gasteiger partial charge on any atom is -0.349 e. The van der Waals surface area contributed by atoms with Crippen molar-refractivity contribution < 1.29 is 4.79 Å². The van der Waals surface area contributed by atoms with Crippen molar-refractivity contribution in [2.75, 3.05) is 5.33 Å². The van der Waals surface area contributed by atoms with Gasteiger partial charge in [-0.05, 0) is 38.2 Å². The van der Waals surface area contributed by atoms with E-state index in [1.165, 1.54) is 19.3 Å². The topological polar surface area (TPSA) is 54.9 Å². The van der Waals surface area contributed by atoms with E-state index in [2.05, 4.69) is 31.4 Å². The monoisotopic (exact) mass is 339 g/mol. The number of carbonyl (C=O) groups is 1. The van der Waals surface area contributed by atoms with Gasteiger partial charge in [-0.25, -0.2) is 0 Å². The molecule has 0 saturated heterocycles. The van der Waals surface area contributed by atoms with Gasteiger partial charge in [0.15, 0.2) is 0 Å². The molecule has 4 nitrogen and oxygen atoms in total. The van der Waals surface area contributed by atoms with Gasteiger partial charge in [0.1, 0.15) is 0 Å². The second-order valence-corrected chi connectivity index (χ2v) is 6.13. The molecule has 2 unspecified atom stereocenters. The number of amides is 1. The predicted molar refractivity (Wildman–Crippen MR) is 83.2 cm³/mol. The van der Waals surface area contributed by atoms with Gasteiger partial charge >= 0.3 is 0 Å². The third-order valence-corrected chi connectivity index (χ3v) is 4.83. The van der Waals surface area contributed by atoms with Crippen molar-refractivity contribution in [1.82, 2.24) is 15.5 Å². The average molecular weight is 340 g/mol. The van der Waals surface area contributed by atoms with Crippen LogP contribution in [-0.2, 0) is 6.42 Å². The molecule has 1 aromatic heterocycles. The molecule has 0 aliphatic heterocycles. The number of nitrogens with zero attached hydrogens (tertiary/aromatic N) is 2. The molecule has 1 saturated carbocycles. The Morgan fingerprint density at radius 1 is 1.40 bits per heavy atom. The van der Waals surface area contributed by atoms with E-state index in [1.54, 1.807) is 0 Å². The zero-order valence-electron chi connectivity index (χ0n) is 12.2. The van der Waals surface area contributed by atoms with Gasteiger partial charge in [-0.3, -0.25) is 4.79 Å². The van der Waals surface area contributed by atoms with Crippen LogP contribution in [0.15, 0.2) is 6.07 Å². The lowest BCUT2D eigenvalue weighted by Crippen LogP contribution is -2.43. The van der Waals surface area contributed by atoms with Crippen LogP contribution in [0, 0.1) is 12.8 Å². The normalized spacial score (nSPS) is 22.6. The smallest absolute Gasteiger partial charge is 0.253 e. The highest BCUT2D eigenvalue weighted by Gasteiger charge is 2.26. The van der Waals surface area contributed by atoms with Crippen LogP contribution in [0.1, 0.15) is 54.4 Å². The van der Waals surface area contributed by atoms with Crippen LogP contribution < -0.4 is 5.32 Å². The lowest BCUT2D eigenvalue weighted by molar-refractivity contribution is 0.0910. The Morgan fingerprint density at radius 3 is 2.85 bits per heavy atom. The number of hydrogen-bond donors (Lipinski definition) is 1. The maximum atomic E-state index is 12.5. The summed E-state index contributed by atoms with van der Waals surface area (Å²) in [5.74, 6) is 0.534. The van der Waals surface area contributed by atoms with Crippen LogP contribution in [0.3, 0.4) is 0 Å². The molecule has 0 bridgehead atoms. The summed E-state index contributed by atoms with van der Waals surface area (Å²) in [4.78, 5) is 12.5. The van der Waals surface area contributed by atoms with Crippen molar-refractivity contribution in [3.05, 3.63) is 23.0 Å². The van der Waals surface area contributed by atoms with Crippen molar-refractivity contribution >= 4 is 21.8 Å². The third-order valence-electron chi connectivity index (χ3n) is 4.00. The van der Waals surface area contributed by atoms with Gasteiger partial charge in [-0.2, -0.15) is 10.2 Å². The Balaban J connectivity index is 2.13. The fraction of sp³-hybridized carbons (Fsp3) is 0.667. The first-order valence-electron chi connectivity index (χ1n) is 7.35. The zero-order chi connectivity index (χ0) is 14.5. The second-order valence-electron chi connectivity index (χ2n) is 5.48. The fourth-order valence-electron chi connectivity index (χ4n) is 2.80. The number of hydrogen-bond acceptors (Lipinski definition) is 3. The molecule has 2 rings (SSSR count). The maximum absolute atomic E-state index is 12.5. The molecule has 1 aliphatic carbocycles. The van der Waals surface area contributed by atoms with Gasteiger partial charge in [-0.1, -0.05) is 35.7 Å². The van der Waals surface area contributed by atoms with Gasteiger partial charge in [0.05, 0.1) is 17.0 Å². The number of aromatic nitrogens is 2. The first-order chi connectivity index (χ1) is 9.65. The number of carbonyl (C=O) groups excluding carboxylic acids is 1.